The molecular formula is C26H28N4O. The molecule has 0 aliphatic heterocycles. The number of hydrogen-bond acceptors (Lipinski definition) is 3. The summed E-state index contributed by atoms with van der Waals surface area (Å²) in [6.07, 6.45) is 0. The molecule has 1 amide bonds. The largest absolute Gasteiger partial charge is 0.324 e. The third kappa shape index (κ3) is 4.67. The second kappa shape index (κ2) is 9.14. The third-order valence-corrected chi connectivity index (χ3v) is 5.73. The van der Waals surface area contributed by atoms with Crippen molar-refractivity contribution in [1.29, 1.82) is 0 Å². The molecule has 5 nitrogen and oxygen atoms in total. The second-order valence-electron chi connectivity index (χ2n) is 7.91. The van der Waals surface area contributed by atoms with Gasteiger partial charge in [0.05, 0.1) is 18.3 Å². The van der Waals surface area contributed by atoms with Gasteiger partial charge in [-0.3, -0.25) is 9.48 Å². The summed E-state index contributed by atoms with van der Waals surface area (Å²) >= 11 is 0. The van der Waals surface area contributed by atoms with Crippen molar-refractivity contribution in [1.82, 2.24) is 15.1 Å². The molecule has 31 heavy (non-hydrogen) atoms. The smallest absolute Gasteiger partial charge is 0.241 e. The Morgan fingerprint density at radius 3 is 2.48 bits per heavy atom. The third-order valence-electron chi connectivity index (χ3n) is 5.73. The number of aromatic nitrogens is 2. The van der Waals surface area contributed by atoms with E-state index in [1.165, 1.54) is 5.56 Å². The van der Waals surface area contributed by atoms with Crippen LogP contribution in [-0.4, -0.2) is 21.7 Å². The Labute approximate surface area is 183 Å². The number of nitrogens with one attached hydrogen (secondary N) is 2. The summed E-state index contributed by atoms with van der Waals surface area (Å²) in [4.78, 5) is 12.8. The van der Waals surface area contributed by atoms with Crippen LogP contribution in [0.4, 0.5) is 5.69 Å². The molecule has 158 valence electrons. The van der Waals surface area contributed by atoms with E-state index < -0.39 is 0 Å². The monoisotopic (exact) mass is 412 g/mol. The Morgan fingerprint density at radius 2 is 1.68 bits per heavy atom. The molecule has 2 N–H and O–H groups in total. The summed E-state index contributed by atoms with van der Waals surface area (Å²) in [6, 6.07) is 24.0. The van der Waals surface area contributed by atoms with Crippen LogP contribution in [0.1, 0.15) is 29.4 Å². The lowest BCUT2D eigenvalue weighted by molar-refractivity contribution is -0.117. The zero-order chi connectivity index (χ0) is 21.8. The van der Waals surface area contributed by atoms with Crippen LogP contribution in [0.2, 0.25) is 0 Å². The average molecular weight is 413 g/mol. The number of anilines is 1. The normalized spacial score (nSPS) is 12.1. The van der Waals surface area contributed by atoms with E-state index in [9.17, 15) is 4.79 Å². The predicted molar refractivity (Wildman–Crippen MR) is 126 cm³/mol. The number of carbonyl (C=O) groups is 1. The molecule has 3 aromatic carbocycles. The topological polar surface area (TPSA) is 59.0 Å². The number of fused-ring (bicyclic) bond motifs is 1. The zero-order valence-electron chi connectivity index (χ0n) is 18.2. The Morgan fingerprint density at radius 1 is 0.968 bits per heavy atom. The minimum Gasteiger partial charge on any atom is -0.324 e. The van der Waals surface area contributed by atoms with Crippen LogP contribution in [0.5, 0.6) is 0 Å². The van der Waals surface area contributed by atoms with E-state index in [1.807, 2.05) is 79.2 Å². The van der Waals surface area contributed by atoms with Crippen LogP contribution in [0.3, 0.4) is 0 Å². The fourth-order valence-electron chi connectivity index (χ4n) is 3.82. The lowest BCUT2D eigenvalue weighted by Gasteiger charge is -2.15. The highest BCUT2D eigenvalue weighted by Gasteiger charge is 2.17. The predicted octanol–water partition coefficient (Wildman–Crippen LogP) is 4.82. The molecule has 4 aromatic rings. The molecule has 0 bridgehead atoms. The van der Waals surface area contributed by atoms with Gasteiger partial charge in [0.25, 0.3) is 0 Å². The first-order valence-corrected chi connectivity index (χ1v) is 10.6. The van der Waals surface area contributed by atoms with Crippen molar-refractivity contribution in [3.63, 3.8) is 0 Å². The van der Waals surface area contributed by atoms with Crippen molar-refractivity contribution < 1.29 is 4.79 Å². The minimum absolute atomic E-state index is 0.0525. The minimum atomic E-state index is -0.338. The molecule has 4 rings (SSSR count). The van der Waals surface area contributed by atoms with Gasteiger partial charge in [0.1, 0.15) is 0 Å². The molecule has 0 aliphatic rings. The van der Waals surface area contributed by atoms with Gasteiger partial charge in [-0.15, -0.1) is 0 Å². The zero-order valence-corrected chi connectivity index (χ0v) is 18.2. The molecule has 0 aliphatic carbocycles. The van der Waals surface area contributed by atoms with Gasteiger partial charge in [-0.05, 0) is 37.8 Å². The first-order chi connectivity index (χ1) is 15.0. The Kier molecular flexibility index (Phi) is 6.14. The summed E-state index contributed by atoms with van der Waals surface area (Å²) in [5.74, 6) is -0.0525. The maximum absolute atomic E-state index is 12.8. The molecule has 0 saturated carbocycles. The number of aryl methyl sites for hydroxylation is 1. The summed E-state index contributed by atoms with van der Waals surface area (Å²) in [5.41, 5.74) is 5.30. The van der Waals surface area contributed by atoms with E-state index in [0.29, 0.717) is 6.54 Å². The standard InChI is InChI=1S/C26H28N4O/c1-18-24(20(3)30(29-18)17-21-10-5-4-6-11-21)16-27-19(2)26(31)28-25-15-9-13-22-12-7-8-14-23(22)25/h4-15,19,27H,16-17H2,1-3H3,(H,28,31). The van der Waals surface area contributed by atoms with Crippen molar-refractivity contribution in [3.8, 4) is 0 Å². The van der Waals surface area contributed by atoms with Crippen LogP contribution < -0.4 is 10.6 Å². The van der Waals surface area contributed by atoms with Crippen molar-refractivity contribution in [2.75, 3.05) is 5.32 Å². The van der Waals surface area contributed by atoms with Crippen molar-refractivity contribution in [2.24, 2.45) is 0 Å². The molecule has 5 heteroatoms. The van der Waals surface area contributed by atoms with Crippen molar-refractivity contribution >= 4 is 22.4 Å². The summed E-state index contributed by atoms with van der Waals surface area (Å²) < 4.78 is 2.03. The summed E-state index contributed by atoms with van der Waals surface area (Å²) in [5, 5.41) is 13.3. The first-order valence-electron chi connectivity index (χ1n) is 10.6. The van der Waals surface area contributed by atoms with E-state index in [4.69, 9.17) is 5.10 Å². The summed E-state index contributed by atoms with van der Waals surface area (Å²) in [6.45, 7) is 7.33. The summed E-state index contributed by atoms with van der Waals surface area (Å²) in [7, 11) is 0. The Hall–Kier alpha value is -3.44. The van der Waals surface area contributed by atoms with Crippen LogP contribution >= 0.6 is 0 Å². The second-order valence-corrected chi connectivity index (χ2v) is 7.91. The molecule has 1 heterocycles. The van der Waals surface area contributed by atoms with Crippen LogP contribution in [0, 0.1) is 13.8 Å². The lowest BCUT2D eigenvalue weighted by atomic mass is 10.1. The molecular weight excluding hydrogens is 384 g/mol. The van der Waals surface area contributed by atoms with Gasteiger partial charge >= 0.3 is 0 Å². The number of hydrogen-bond donors (Lipinski definition) is 2. The number of carbonyl (C=O) groups excluding carboxylic acids is 1. The van der Waals surface area contributed by atoms with Gasteiger partial charge in [0.2, 0.25) is 5.91 Å². The fourth-order valence-corrected chi connectivity index (χ4v) is 3.82. The van der Waals surface area contributed by atoms with Crippen LogP contribution in [0.15, 0.2) is 72.8 Å². The molecule has 0 radical (unpaired) electrons. The number of nitrogens with zero attached hydrogens (tertiary/aromatic N) is 2. The van der Waals surface area contributed by atoms with Crippen LogP contribution in [-0.2, 0) is 17.9 Å². The Bertz CT molecular complexity index is 1190. The Balaban J connectivity index is 1.41. The molecule has 0 saturated heterocycles. The van der Waals surface area contributed by atoms with E-state index >= 15 is 0 Å². The quantitative estimate of drug-likeness (QED) is 0.458. The van der Waals surface area contributed by atoms with E-state index in [-0.39, 0.29) is 11.9 Å². The molecule has 1 unspecified atom stereocenters. The molecule has 1 atom stereocenters. The van der Waals surface area contributed by atoms with Gasteiger partial charge in [-0.1, -0.05) is 66.7 Å². The maximum atomic E-state index is 12.8. The molecule has 0 spiro atoms. The van der Waals surface area contributed by atoms with Crippen LogP contribution in [0.25, 0.3) is 10.8 Å². The van der Waals surface area contributed by atoms with E-state index in [2.05, 4.69) is 29.7 Å². The fraction of sp³-hybridized carbons (Fsp3) is 0.231. The van der Waals surface area contributed by atoms with E-state index in [0.717, 1.165) is 40.0 Å². The molecule has 0 fully saturated rings. The SMILES string of the molecule is Cc1nn(Cc2ccccc2)c(C)c1CNC(C)C(=O)Nc1cccc2ccccc12. The average Bonchev–Trinajstić information content (AvgIpc) is 3.05. The lowest BCUT2D eigenvalue weighted by Crippen LogP contribution is -2.37. The van der Waals surface area contributed by atoms with Gasteiger partial charge in [-0.25, -0.2) is 0 Å². The van der Waals surface area contributed by atoms with Crippen molar-refractivity contribution in [3.05, 3.63) is 95.3 Å². The van der Waals surface area contributed by atoms with Gasteiger partial charge in [0, 0.05) is 28.9 Å². The highest BCUT2D eigenvalue weighted by atomic mass is 16.2. The number of amides is 1. The van der Waals surface area contributed by atoms with Gasteiger partial charge < -0.3 is 10.6 Å². The van der Waals surface area contributed by atoms with Crippen molar-refractivity contribution in [2.45, 2.75) is 39.9 Å². The van der Waals surface area contributed by atoms with Gasteiger partial charge in [-0.2, -0.15) is 5.10 Å². The highest BCUT2D eigenvalue weighted by Crippen LogP contribution is 2.23. The molecule has 1 aromatic heterocycles. The van der Waals surface area contributed by atoms with E-state index in [1.54, 1.807) is 0 Å². The number of rotatable bonds is 7. The first kappa shape index (κ1) is 20.8. The van der Waals surface area contributed by atoms with Gasteiger partial charge in [0.15, 0.2) is 0 Å². The number of benzene rings is 3. The maximum Gasteiger partial charge on any atom is 0.241 e. The highest BCUT2D eigenvalue weighted by molar-refractivity contribution is 6.03.